The monoisotopic (exact) mass is 426 g/mol. The van der Waals surface area contributed by atoms with Crippen molar-refractivity contribution in [2.75, 3.05) is 5.32 Å². The number of rotatable bonds is 2. The Balaban J connectivity index is 1.63. The number of aromatic nitrogens is 3. The van der Waals surface area contributed by atoms with Gasteiger partial charge in [0.05, 0.1) is 0 Å². The molecular weight excluding hydrogens is 412 g/mol. The van der Waals surface area contributed by atoms with E-state index in [0.717, 1.165) is 27.7 Å². The third-order valence-electron chi connectivity index (χ3n) is 4.97. The topological polar surface area (TPSA) is 59.8 Å². The van der Waals surface area contributed by atoms with Crippen LogP contribution >= 0.6 is 27.3 Å². The quantitative estimate of drug-likeness (QED) is 0.654. The molecule has 3 aromatic rings. The molecule has 2 aromatic heterocycles. The van der Waals surface area contributed by atoms with Crippen LogP contribution in [0.1, 0.15) is 35.2 Å². The Morgan fingerprint density at radius 2 is 2.15 bits per heavy atom. The van der Waals surface area contributed by atoms with Crippen LogP contribution in [-0.2, 0) is 4.79 Å². The van der Waals surface area contributed by atoms with E-state index in [-0.39, 0.29) is 17.7 Å². The van der Waals surface area contributed by atoms with Crippen molar-refractivity contribution in [2.24, 2.45) is 0 Å². The van der Waals surface area contributed by atoms with Crippen molar-refractivity contribution in [1.29, 1.82) is 0 Å². The number of ketones is 1. The highest BCUT2D eigenvalue weighted by Crippen LogP contribution is 2.44. The molecule has 1 aliphatic heterocycles. The van der Waals surface area contributed by atoms with Crippen molar-refractivity contribution in [3.63, 3.8) is 0 Å². The second-order valence-electron chi connectivity index (χ2n) is 6.55. The number of hydrogen-bond donors (Lipinski definition) is 1. The fourth-order valence-corrected chi connectivity index (χ4v) is 5.11. The summed E-state index contributed by atoms with van der Waals surface area (Å²) in [5.41, 5.74) is 2.82. The summed E-state index contributed by atoms with van der Waals surface area (Å²) in [5.74, 6) is 1.10. The van der Waals surface area contributed by atoms with Gasteiger partial charge >= 0.3 is 0 Å². The molecule has 0 unspecified atom stereocenters. The van der Waals surface area contributed by atoms with E-state index in [9.17, 15) is 4.79 Å². The molecule has 0 amide bonds. The van der Waals surface area contributed by atoms with Gasteiger partial charge in [0.1, 0.15) is 12.4 Å². The van der Waals surface area contributed by atoms with Gasteiger partial charge in [-0.2, -0.15) is 10.1 Å². The number of Topliss-reactive ketones (excluding diaryl/α,β-unsaturated/α-hetero) is 1. The highest BCUT2D eigenvalue weighted by atomic mass is 79.9. The molecule has 0 saturated heterocycles. The van der Waals surface area contributed by atoms with Gasteiger partial charge in [-0.3, -0.25) is 4.79 Å². The summed E-state index contributed by atoms with van der Waals surface area (Å²) in [4.78, 5) is 18.8. The fraction of sp³-hybridized carbons (Fsp3) is 0.211. The molecule has 7 heteroatoms. The second kappa shape index (κ2) is 6.17. The number of nitrogens with one attached hydrogen (secondary N) is 1. The van der Waals surface area contributed by atoms with Crippen molar-refractivity contribution in [2.45, 2.75) is 24.8 Å². The molecule has 2 aliphatic rings. The molecule has 5 rings (SSSR count). The number of carbonyl (C=O) groups excluding carboxylic acids is 1. The summed E-state index contributed by atoms with van der Waals surface area (Å²) < 4.78 is 2.79. The minimum atomic E-state index is -0.238. The van der Waals surface area contributed by atoms with E-state index in [1.165, 1.54) is 11.2 Å². The lowest BCUT2D eigenvalue weighted by Crippen LogP contribution is -2.33. The number of thiophene rings is 1. The SMILES string of the molecule is O=C1C[C@@H](c2cccs2)CC2=C1[C@H](c1cccc(Br)c1)n1ncnc1N2. The van der Waals surface area contributed by atoms with Crippen LogP contribution in [0.2, 0.25) is 0 Å². The third kappa shape index (κ3) is 2.54. The molecule has 3 heterocycles. The van der Waals surface area contributed by atoms with Crippen LogP contribution in [0.5, 0.6) is 0 Å². The number of benzene rings is 1. The van der Waals surface area contributed by atoms with Crippen LogP contribution in [-0.4, -0.2) is 20.5 Å². The number of carbonyl (C=O) groups is 1. The molecule has 0 bridgehead atoms. The van der Waals surface area contributed by atoms with Crippen molar-refractivity contribution in [3.8, 4) is 0 Å². The van der Waals surface area contributed by atoms with Gasteiger partial charge < -0.3 is 5.32 Å². The zero-order valence-electron chi connectivity index (χ0n) is 13.7. The maximum Gasteiger partial charge on any atom is 0.226 e. The Morgan fingerprint density at radius 1 is 1.23 bits per heavy atom. The predicted molar refractivity (Wildman–Crippen MR) is 104 cm³/mol. The zero-order chi connectivity index (χ0) is 17.7. The zero-order valence-corrected chi connectivity index (χ0v) is 16.1. The lowest BCUT2D eigenvalue weighted by molar-refractivity contribution is -0.116. The minimum Gasteiger partial charge on any atom is -0.328 e. The van der Waals surface area contributed by atoms with E-state index in [1.54, 1.807) is 11.3 Å². The average molecular weight is 427 g/mol. The molecule has 0 radical (unpaired) electrons. The molecule has 1 aliphatic carbocycles. The Hall–Kier alpha value is -2.25. The molecule has 0 fully saturated rings. The Labute approximate surface area is 162 Å². The first kappa shape index (κ1) is 16.0. The number of anilines is 1. The summed E-state index contributed by atoms with van der Waals surface area (Å²) in [7, 11) is 0. The van der Waals surface area contributed by atoms with E-state index >= 15 is 0 Å². The summed E-state index contributed by atoms with van der Waals surface area (Å²) in [5, 5.41) is 9.81. The van der Waals surface area contributed by atoms with Gasteiger partial charge in [-0.25, -0.2) is 4.68 Å². The van der Waals surface area contributed by atoms with Crippen LogP contribution in [0.4, 0.5) is 5.95 Å². The predicted octanol–water partition coefficient (Wildman–Crippen LogP) is 4.52. The van der Waals surface area contributed by atoms with E-state index in [4.69, 9.17) is 0 Å². The molecule has 1 N–H and O–H groups in total. The first-order valence-corrected chi connectivity index (χ1v) is 10.1. The first-order valence-electron chi connectivity index (χ1n) is 8.42. The maximum atomic E-state index is 13.2. The highest BCUT2D eigenvalue weighted by Gasteiger charge is 2.39. The third-order valence-corrected chi connectivity index (χ3v) is 6.50. The van der Waals surface area contributed by atoms with Gasteiger partial charge in [0.25, 0.3) is 0 Å². The van der Waals surface area contributed by atoms with Crippen LogP contribution < -0.4 is 5.32 Å². The molecule has 26 heavy (non-hydrogen) atoms. The van der Waals surface area contributed by atoms with Crippen molar-refractivity contribution in [1.82, 2.24) is 14.8 Å². The van der Waals surface area contributed by atoms with E-state index in [0.29, 0.717) is 12.4 Å². The lowest BCUT2D eigenvalue weighted by Gasteiger charge is -2.34. The lowest BCUT2D eigenvalue weighted by atomic mass is 9.80. The molecule has 2 atom stereocenters. The first-order chi connectivity index (χ1) is 12.7. The number of halogens is 1. The fourth-order valence-electron chi connectivity index (χ4n) is 3.86. The summed E-state index contributed by atoms with van der Waals surface area (Å²) in [6, 6.07) is 12.0. The van der Waals surface area contributed by atoms with Crippen molar-refractivity contribution >= 4 is 39.0 Å². The number of allylic oxidation sites excluding steroid dienone is 2. The highest BCUT2D eigenvalue weighted by molar-refractivity contribution is 9.10. The smallest absolute Gasteiger partial charge is 0.226 e. The van der Waals surface area contributed by atoms with Crippen molar-refractivity contribution < 1.29 is 4.79 Å². The molecule has 0 saturated carbocycles. The van der Waals surface area contributed by atoms with Crippen LogP contribution in [0.25, 0.3) is 0 Å². The van der Waals surface area contributed by atoms with Gasteiger partial charge in [-0.05, 0) is 35.6 Å². The summed E-state index contributed by atoms with van der Waals surface area (Å²) >= 11 is 5.25. The molecular formula is C19H15BrN4OS. The second-order valence-corrected chi connectivity index (χ2v) is 8.44. The Bertz CT molecular complexity index is 1020. The minimum absolute atomic E-state index is 0.184. The molecule has 0 spiro atoms. The largest absolute Gasteiger partial charge is 0.328 e. The van der Waals surface area contributed by atoms with E-state index in [2.05, 4.69) is 42.8 Å². The van der Waals surface area contributed by atoms with E-state index in [1.807, 2.05) is 35.0 Å². The van der Waals surface area contributed by atoms with Gasteiger partial charge in [0, 0.05) is 33.0 Å². The summed E-state index contributed by atoms with van der Waals surface area (Å²) in [6.45, 7) is 0. The van der Waals surface area contributed by atoms with Crippen LogP contribution in [0.3, 0.4) is 0 Å². The summed E-state index contributed by atoms with van der Waals surface area (Å²) in [6.07, 6.45) is 2.89. The van der Waals surface area contributed by atoms with Gasteiger partial charge in [0.2, 0.25) is 5.95 Å². The molecule has 5 nitrogen and oxygen atoms in total. The number of nitrogens with zero attached hydrogens (tertiary/aromatic N) is 3. The number of fused-ring (bicyclic) bond motifs is 1. The van der Waals surface area contributed by atoms with Gasteiger partial charge in [-0.1, -0.05) is 34.1 Å². The number of hydrogen-bond acceptors (Lipinski definition) is 5. The normalized spacial score (nSPS) is 22.0. The van der Waals surface area contributed by atoms with Gasteiger partial charge in [-0.15, -0.1) is 11.3 Å². The average Bonchev–Trinajstić information content (AvgIpc) is 3.31. The maximum absolute atomic E-state index is 13.2. The molecule has 1 aromatic carbocycles. The Kier molecular flexibility index (Phi) is 3.79. The van der Waals surface area contributed by atoms with Crippen LogP contribution in [0, 0.1) is 0 Å². The molecule has 130 valence electrons. The Morgan fingerprint density at radius 3 is 2.96 bits per heavy atom. The van der Waals surface area contributed by atoms with Crippen molar-refractivity contribution in [3.05, 3.63) is 74.3 Å². The van der Waals surface area contributed by atoms with Crippen LogP contribution in [0.15, 0.2) is 63.8 Å². The van der Waals surface area contributed by atoms with E-state index < -0.39 is 0 Å². The standard InChI is InChI=1S/C19H15BrN4OS/c20-13-4-1-3-11(7-13)18-17-14(23-19-21-10-22-24(18)19)8-12(9-15(17)25)16-5-2-6-26-16/h1-7,10,12,18H,8-9H2,(H,21,22,23)/t12-,18-/m0/s1. The van der Waals surface area contributed by atoms with Gasteiger partial charge in [0.15, 0.2) is 5.78 Å².